The topological polar surface area (TPSA) is 54.8 Å². The van der Waals surface area contributed by atoms with Crippen LogP contribution >= 0.6 is 0 Å². The molecular formula is C64H39N5. The minimum Gasteiger partial charge on any atom is -0.309 e. The molecule has 69 heavy (non-hydrogen) atoms. The maximum atomic E-state index is 5.03. The van der Waals surface area contributed by atoms with Crippen LogP contribution in [0.1, 0.15) is 0 Å². The number of rotatable bonds is 6. The van der Waals surface area contributed by atoms with Crippen molar-refractivity contribution in [3.8, 4) is 33.4 Å². The molecule has 0 fully saturated rings. The second-order valence-corrected chi connectivity index (χ2v) is 17.7. The highest BCUT2D eigenvalue weighted by Crippen LogP contribution is 2.54. The van der Waals surface area contributed by atoms with Gasteiger partial charge in [-0.25, -0.2) is 0 Å². The highest BCUT2D eigenvalue weighted by molar-refractivity contribution is 6.32. The lowest BCUT2D eigenvalue weighted by Gasteiger charge is -2.31. The number of anilines is 3. The number of para-hydroxylation sites is 2. The second-order valence-electron chi connectivity index (χ2n) is 17.7. The van der Waals surface area contributed by atoms with Gasteiger partial charge in [0.1, 0.15) is 0 Å². The molecule has 0 atom stereocenters. The highest BCUT2D eigenvalue weighted by atomic mass is 15.1. The Morgan fingerprint density at radius 1 is 0.261 bits per heavy atom. The van der Waals surface area contributed by atoms with Crippen LogP contribution in [0.25, 0.3) is 120 Å². The van der Waals surface area contributed by atoms with Crippen molar-refractivity contribution in [1.29, 1.82) is 0 Å². The standard InChI is InChI=1S/C64H39N5/c1-4-18-40(19-5-1)57-54-39-56-55(38-51(54)45-26-10-13-29-50(45)64(57)69(43-22-6-2-7-23-43)44-24-8-3-9-25-44)58(52-36-41-20-14-32-65-60(41)62-48(52)30-16-34-67-62)46-27-11-12-28-47(46)59(56)53-37-42-21-15-33-66-61(42)63-49(53)31-17-35-68-63/h1-39H. The zero-order chi connectivity index (χ0) is 45.4. The fourth-order valence-electron chi connectivity index (χ4n) is 11.1. The van der Waals surface area contributed by atoms with Gasteiger partial charge in [-0.1, -0.05) is 140 Å². The predicted molar refractivity (Wildman–Crippen MR) is 289 cm³/mol. The number of nitrogens with zero attached hydrogens (tertiary/aromatic N) is 5. The van der Waals surface area contributed by atoms with Crippen molar-refractivity contribution in [1.82, 2.24) is 19.9 Å². The Morgan fingerprint density at radius 2 is 0.652 bits per heavy atom. The summed E-state index contributed by atoms with van der Waals surface area (Å²) < 4.78 is 0. The molecule has 10 aromatic carbocycles. The van der Waals surface area contributed by atoms with E-state index in [1.165, 1.54) is 10.8 Å². The average molecular weight is 878 g/mol. The van der Waals surface area contributed by atoms with Gasteiger partial charge in [0.2, 0.25) is 0 Å². The molecule has 0 aliphatic rings. The first-order chi connectivity index (χ1) is 34.3. The van der Waals surface area contributed by atoms with Gasteiger partial charge in [-0.2, -0.15) is 0 Å². The molecule has 14 rings (SSSR count). The van der Waals surface area contributed by atoms with Gasteiger partial charge in [0, 0.05) is 68.7 Å². The van der Waals surface area contributed by atoms with Crippen LogP contribution in [0.5, 0.6) is 0 Å². The van der Waals surface area contributed by atoms with Gasteiger partial charge < -0.3 is 4.90 Å². The van der Waals surface area contributed by atoms with E-state index in [9.17, 15) is 0 Å². The molecule has 0 radical (unpaired) electrons. The molecule has 0 saturated heterocycles. The largest absolute Gasteiger partial charge is 0.309 e. The van der Waals surface area contributed by atoms with Crippen molar-refractivity contribution in [2.75, 3.05) is 4.90 Å². The van der Waals surface area contributed by atoms with Crippen LogP contribution in [0.4, 0.5) is 17.1 Å². The van der Waals surface area contributed by atoms with E-state index >= 15 is 0 Å². The normalized spacial score (nSPS) is 11.8. The summed E-state index contributed by atoms with van der Waals surface area (Å²) >= 11 is 0. The van der Waals surface area contributed by atoms with Crippen LogP contribution in [-0.2, 0) is 0 Å². The van der Waals surface area contributed by atoms with E-state index in [1.807, 2.05) is 49.1 Å². The maximum Gasteiger partial charge on any atom is 0.0970 e. The molecule has 0 N–H and O–H groups in total. The molecule has 0 bridgehead atoms. The maximum absolute atomic E-state index is 5.03. The summed E-state index contributed by atoms with van der Waals surface area (Å²) in [5.41, 5.74) is 13.6. The van der Waals surface area contributed by atoms with Crippen molar-refractivity contribution in [2.45, 2.75) is 0 Å². The first-order valence-corrected chi connectivity index (χ1v) is 23.4. The summed E-state index contributed by atoms with van der Waals surface area (Å²) in [7, 11) is 0. The molecule has 0 amide bonds. The van der Waals surface area contributed by atoms with Gasteiger partial charge in [0.25, 0.3) is 0 Å². The van der Waals surface area contributed by atoms with Gasteiger partial charge in [0.05, 0.1) is 27.8 Å². The van der Waals surface area contributed by atoms with E-state index < -0.39 is 0 Å². The predicted octanol–water partition coefficient (Wildman–Crippen LogP) is 17.0. The molecule has 4 heterocycles. The van der Waals surface area contributed by atoms with Crippen LogP contribution in [0.3, 0.4) is 0 Å². The van der Waals surface area contributed by atoms with Crippen molar-refractivity contribution in [2.24, 2.45) is 0 Å². The third-order valence-electron chi connectivity index (χ3n) is 13.9. The molecule has 0 unspecified atom stereocenters. The first kappa shape index (κ1) is 38.9. The molecule has 0 aliphatic heterocycles. The molecule has 5 heteroatoms. The lowest BCUT2D eigenvalue weighted by Crippen LogP contribution is -2.12. The van der Waals surface area contributed by atoms with E-state index in [-0.39, 0.29) is 0 Å². The Hall–Kier alpha value is -9.32. The van der Waals surface area contributed by atoms with E-state index in [2.05, 4.69) is 193 Å². The second kappa shape index (κ2) is 15.7. The minimum atomic E-state index is 0.881. The van der Waals surface area contributed by atoms with Gasteiger partial charge in [0.15, 0.2) is 0 Å². The first-order valence-electron chi connectivity index (χ1n) is 23.4. The fourth-order valence-corrected chi connectivity index (χ4v) is 11.1. The quantitative estimate of drug-likeness (QED) is 0.123. The Morgan fingerprint density at radius 3 is 1.17 bits per heavy atom. The van der Waals surface area contributed by atoms with E-state index in [1.54, 1.807) is 0 Å². The summed E-state index contributed by atoms with van der Waals surface area (Å²) in [5, 5.41) is 13.4. The lowest BCUT2D eigenvalue weighted by molar-refractivity contribution is 1.30. The Kier molecular flexibility index (Phi) is 8.83. The van der Waals surface area contributed by atoms with E-state index in [0.717, 1.165) is 126 Å². The van der Waals surface area contributed by atoms with Crippen LogP contribution in [-0.4, -0.2) is 19.9 Å². The summed E-state index contributed by atoms with van der Waals surface area (Å²) in [6.45, 7) is 0. The van der Waals surface area contributed by atoms with Crippen molar-refractivity contribution >= 4 is 104 Å². The van der Waals surface area contributed by atoms with Gasteiger partial charge in [-0.15, -0.1) is 0 Å². The van der Waals surface area contributed by atoms with Gasteiger partial charge in [-0.05, 0) is 138 Å². The molecule has 0 saturated carbocycles. The Bertz CT molecular complexity index is 4320. The molecule has 320 valence electrons. The van der Waals surface area contributed by atoms with Crippen LogP contribution in [0, 0.1) is 0 Å². The molecular weight excluding hydrogens is 839 g/mol. The van der Waals surface area contributed by atoms with Crippen LogP contribution in [0.15, 0.2) is 237 Å². The SMILES string of the molecule is c1ccc(-c2c(N(c3ccccc3)c3ccccc3)c3ccccc3c3cc4c(-c5cc6cccnc6c6ncccc56)c5ccccc5c(-c5cc6cccnc6c6ncccc56)c4cc23)cc1. The smallest absolute Gasteiger partial charge is 0.0970 e. The number of fused-ring (bicyclic) bond motifs is 11. The minimum absolute atomic E-state index is 0.881. The number of hydrogen-bond acceptors (Lipinski definition) is 5. The number of aromatic nitrogens is 4. The number of benzene rings is 10. The molecule has 4 aromatic heterocycles. The summed E-state index contributed by atoms with van der Waals surface area (Å²) in [6, 6.07) is 76.9. The highest BCUT2D eigenvalue weighted by Gasteiger charge is 2.27. The zero-order valence-electron chi connectivity index (χ0n) is 37.3. The summed E-state index contributed by atoms with van der Waals surface area (Å²) in [5.74, 6) is 0. The summed E-state index contributed by atoms with van der Waals surface area (Å²) in [6.07, 6.45) is 7.48. The summed E-state index contributed by atoms with van der Waals surface area (Å²) in [4.78, 5) is 22.3. The van der Waals surface area contributed by atoms with Crippen LogP contribution < -0.4 is 4.90 Å². The third-order valence-corrected chi connectivity index (χ3v) is 13.9. The lowest BCUT2D eigenvalue weighted by atomic mass is 9.81. The van der Waals surface area contributed by atoms with Crippen LogP contribution in [0.2, 0.25) is 0 Å². The molecule has 5 nitrogen and oxygen atoms in total. The molecule has 0 spiro atoms. The Balaban J connectivity index is 1.25. The van der Waals surface area contributed by atoms with Crippen molar-refractivity contribution in [3.05, 3.63) is 237 Å². The molecule has 14 aromatic rings. The van der Waals surface area contributed by atoms with Gasteiger partial charge >= 0.3 is 0 Å². The van der Waals surface area contributed by atoms with Crippen molar-refractivity contribution in [3.63, 3.8) is 0 Å². The third kappa shape index (κ3) is 6.04. The van der Waals surface area contributed by atoms with E-state index in [0.29, 0.717) is 0 Å². The monoisotopic (exact) mass is 877 g/mol. The number of hydrogen-bond donors (Lipinski definition) is 0. The number of pyridine rings is 4. The van der Waals surface area contributed by atoms with Crippen molar-refractivity contribution < 1.29 is 0 Å². The fraction of sp³-hybridized carbons (Fsp3) is 0. The average Bonchev–Trinajstić information content (AvgIpc) is 3.42. The van der Waals surface area contributed by atoms with Gasteiger partial charge in [-0.3, -0.25) is 19.9 Å². The zero-order valence-corrected chi connectivity index (χ0v) is 37.3. The molecule has 0 aliphatic carbocycles. The Labute approximate surface area is 397 Å². The van der Waals surface area contributed by atoms with E-state index in [4.69, 9.17) is 19.9 Å².